The maximum absolute atomic E-state index is 8.36. The summed E-state index contributed by atoms with van der Waals surface area (Å²) in [4.78, 5) is 1.70. The fraction of sp³-hybridized carbons (Fsp3) is 0.294. The summed E-state index contributed by atoms with van der Waals surface area (Å²) in [6.07, 6.45) is 0. The van der Waals surface area contributed by atoms with E-state index in [1.807, 2.05) is 0 Å². The van der Waals surface area contributed by atoms with E-state index in [0.29, 0.717) is 13.1 Å². The van der Waals surface area contributed by atoms with Crippen molar-refractivity contribution in [3.63, 3.8) is 0 Å². The van der Waals surface area contributed by atoms with E-state index in [1.54, 1.807) is 4.90 Å². The topological polar surface area (TPSA) is 15.3 Å². The van der Waals surface area contributed by atoms with Crippen molar-refractivity contribution < 1.29 is 15.1 Å². The molecule has 1 aliphatic rings. The molecule has 0 radical (unpaired) electrons. The molecule has 1 N–H and O–H groups in total. The molecule has 0 aliphatic carbocycles. The van der Waals surface area contributed by atoms with Gasteiger partial charge < -0.3 is 5.31 Å². The lowest BCUT2D eigenvalue weighted by atomic mass is 9.96. The van der Waals surface area contributed by atoms with Crippen LogP contribution in [-0.2, 0) is 0 Å². The molecule has 1 aliphatic heterocycles. The van der Waals surface area contributed by atoms with Crippen molar-refractivity contribution in [2.24, 2.45) is 0 Å². The minimum absolute atomic E-state index is 0.141. The van der Waals surface area contributed by atoms with Gasteiger partial charge in [-0.3, -0.25) is 4.90 Å². The van der Waals surface area contributed by atoms with Crippen molar-refractivity contribution >= 4 is 0 Å². The largest absolute Gasteiger partial charge is 0.314 e. The van der Waals surface area contributed by atoms with E-state index in [0.717, 1.165) is 0 Å². The number of hydrogen-bond acceptors (Lipinski definition) is 2. The molecule has 0 saturated carbocycles. The second kappa shape index (κ2) is 6.00. The second-order valence-electron chi connectivity index (χ2n) is 4.19. The third-order valence-corrected chi connectivity index (χ3v) is 3.04. The maximum atomic E-state index is 8.36. The van der Waals surface area contributed by atoms with Crippen molar-refractivity contribution in [2.75, 3.05) is 26.2 Å². The van der Waals surface area contributed by atoms with E-state index < -0.39 is 66.5 Å². The van der Waals surface area contributed by atoms with E-state index in [1.165, 1.54) is 5.31 Å². The highest BCUT2D eigenvalue weighted by Crippen LogP contribution is 2.28. The summed E-state index contributed by atoms with van der Waals surface area (Å²) in [5, 5.41) is 1.32. The van der Waals surface area contributed by atoms with Crippen molar-refractivity contribution in [1.29, 1.82) is 0 Å². The average Bonchev–Trinajstić information content (AvgIpc) is 2.73. The van der Waals surface area contributed by atoms with Crippen LogP contribution in [0.4, 0.5) is 0 Å². The third kappa shape index (κ3) is 2.86. The molecule has 2 aromatic rings. The maximum Gasteiger partial charge on any atom is 0.122 e. The van der Waals surface area contributed by atoms with Crippen molar-refractivity contribution in [3.8, 4) is 0 Å². The van der Waals surface area contributed by atoms with Crippen LogP contribution in [0.1, 0.15) is 30.9 Å². The van der Waals surface area contributed by atoms with Crippen molar-refractivity contribution in [1.82, 2.24) is 10.2 Å². The molecule has 0 unspecified atom stereocenters. The molecule has 1 fully saturated rings. The zero-order chi connectivity index (χ0) is 22.5. The molecule has 19 heavy (non-hydrogen) atoms. The Labute approximate surface area is 130 Å². The Morgan fingerprint density at radius 3 is 1.84 bits per heavy atom. The number of hydrogen-bond donors (Lipinski definition) is 1. The monoisotopic (exact) mass is 263 g/mol. The van der Waals surface area contributed by atoms with E-state index in [4.69, 9.17) is 15.1 Å². The van der Waals surface area contributed by atoms with Crippen LogP contribution in [0, 0.1) is 0 Å². The quantitative estimate of drug-likeness (QED) is 0.916. The molecule has 2 nitrogen and oxygen atoms in total. The van der Waals surface area contributed by atoms with Crippen LogP contribution < -0.4 is 5.31 Å². The normalized spacial score (nSPS) is 25.8. The zero-order valence-corrected chi connectivity index (χ0v) is 10.3. The number of nitrogens with zero attached hydrogens (tertiary/aromatic N) is 1. The fourth-order valence-electron chi connectivity index (χ4n) is 2.18. The minimum Gasteiger partial charge on any atom is -0.314 e. The molecule has 2 heteroatoms. The first-order valence-electron chi connectivity index (χ1n) is 11.5. The van der Waals surface area contributed by atoms with E-state index in [-0.39, 0.29) is 24.2 Å². The Bertz CT molecular complexity index is 875. The van der Waals surface area contributed by atoms with Gasteiger partial charge in [-0.05, 0) is 11.1 Å². The molecule has 1 saturated heterocycles. The van der Waals surface area contributed by atoms with Crippen LogP contribution in [0.15, 0.2) is 60.4 Å². The first kappa shape index (κ1) is 5.04. The van der Waals surface area contributed by atoms with Crippen LogP contribution >= 0.6 is 0 Å². The SMILES string of the molecule is [2H]c1c([2H])c([2H])c(C(c2c([2H])c([2H])c([2H])c([2H])c2[2H])N2CCN([2H])CC2)c([2H])c1[2H]. The molecule has 2 aromatic carbocycles. The van der Waals surface area contributed by atoms with Crippen LogP contribution in [0.5, 0.6) is 0 Å². The summed E-state index contributed by atoms with van der Waals surface area (Å²) < 4.78 is 88.9. The number of piperazine rings is 1. The highest BCUT2D eigenvalue weighted by molar-refractivity contribution is 5.31. The molecule has 0 spiro atoms. The summed E-state index contributed by atoms with van der Waals surface area (Å²) in [5.74, 6) is 0. The molecular formula is C17H20N2. The fourth-order valence-corrected chi connectivity index (χ4v) is 2.18. The smallest absolute Gasteiger partial charge is 0.122 e. The standard InChI is InChI=1S/C17H20N2/c1-3-7-15(8-4-1)17(16-9-5-2-6-10-16)19-13-11-18-12-14-19/h1-10,17-18H,11-14H2/i1D,2D,3D,4D,5D,6D,7D,8D,9D,10D/hD. The van der Waals surface area contributed by atoms with Gasteiger partial charge in [0.2, 0.25) is 0 Å². The van der Waals surface area contributed by atoms with Gasteiger partial charge in [-0.15, -0.1) is 0 Å². The molecule has 0 aromatic heterocycles. The van der Waals surface area contributed by atoms with Gasteiger partial charge in [0.25, 0.3) is 0 Å². The predicted octanol–water partition coefficient (Wildman–Crippen LogP) is 2.68. The number of benzene rings is 2. The Morgan fingerprint density at radius 1 is 0.895 bits per heavy atom. The van der Waals surface area contributed by atoms with Crippen molar-refractivity contribution in [2.45, 2.75) is 6.04 Å². The Hall–Kier alpha value is -1.64. The highest BCUT2D eigenvalue weighted by atomic mass is 15.2. The lowest BCUT2D eigenvalue weighted by molar-refractivity contribution is 0.198. The first-order valence-corrected chi connectivity index (χ1v) is 6.10. The van der Waals surface area contributed by atoms with Crippen LogP contribution in [0.25, 0.3) is 0 Å². The second-order valence-corrected chi connectivity index (χ2v) is 4.19. The Morgan fingerprint density at radius 2 is 1.37 bits per heavy atom. The first-order chi connectivity index (χ1) is 14.0. The molecule has 3 rings (SSSR count). The zero-order valence-electron chi connectivity index (χ0n) is 21.3. The summed E-state index contributed by atoms with van der Waals surface area (Å²) in [6, 6.07) is -6.42. The summed E-state index contributed by atoms with van der Waals surface area (Å²) >= 11 is 0. The van der Waals surface area contributed by atoms with E-state index >= 15 is 0 Å². The van der Waals surface area contributed by atoms with Crippen LogP contribution in [0.3, 0.4) is 0 Å². The minimum atomic E-state index is -1.15. The lowest BCUT2D eigenvalue weighted by Gasteiger charge is -2.35. The predicted molar refractivity (Wildman–Crippen MR) is 79.2 cm³/mol. The Kier molecular flexibility index (Phi) is 1.59. The highest BCUT2D eigenvalue weighted by Gasteiger charge is 2.23. The lowest BCUT2D eigenvalue weighted by Crippen LogP contribution is -2.45. The molecule has 1 heterocycles. The van der Waals surface area contributed by atoms with Gasteiger partial charge in [0.15, 0.2) is 0 Å². The van der Waals surface area contributed by atoms with Gasteiger partial charge in [0.1, 0.15) is 1.41 Å². The molecule has 98 valence electrons. The Balaban J connectivity index is 2.37. The van der Waals surface area contributed by atoms with E-state index in [2.05, 4.69) is 0 Å². The van der Waals surface area contributed by atoms with Gasteiger partial charge >= 0.3 is 0 Å². The summed E-state index contributed by atoms with van der Waals surface area (Å²) in [6.45, 7) is 1.12. The van der Waals surface area contributed by atoms with Gasteiger partial charge in [0, 0.05) is 26.2 Å². The van der Waals surface area contributed by atoms with Gasteiger partial charge in [-0.25, -0.2) is 0 Å². The van der Waals surface area contributed by atoms with Crippen molar-refractivity contribution in [3.05, 3.63) is 71.6 Å². The van der Waals surface area contributed by atoms with Gasteiger partial charge in [0.05, 0.1) is 19.7 Å². The average molecular weight is 263 g/mol. The summed E-state index contributed by atoms with van der Waals surface area (Å²) in [7, 11) is 0. The molecule has 0 amide bonds. The molecule has 0 atom stereocenters. The van der Waals surface area contributed by atoms with Crippen LogP contribution in [0.2, 0.25) is 1.41 Å². The number of nitrogens with one attached hydrogen (secondary N) is 1. The third-order valence-electron chi connectivity index (χ3n) is 3.04. The summed E-state index contributed by atoms with van der Waals surface area (Å²) in [5.41, 5.74) is -0.282. The molecule has 0 bridgehead atoms. The van der Waals surface area contributed by atoms with Gasteiger partial charge in [-0.2, -0.15) is 0 Å². The molecular weight excluding hydrogens is 232 g/mol. The van der Waals surface area contributed by atoms with Crippen LogP contribution in [-0.4, -0.2) is 31.1 Å². The van der Waals surface area contributed by atoms with E-state index in [9.17, 15) is 0 Å². The van der Waals surface area contributed by atoms with Gasteiger partial charge in [-0.1, -0.05) is 60.4 Å². The number of rotatable bonds is 3.